The maximum absolute atomic E-state index is 13.0. The number of nitrogens with zero attached hydrogens (tertiary/aromatic N) is 2. The number of hydrogen-bond acceptors (Lipinski definition) is 5. The van der Waals surface area contributed by atoms with Crippen molar-refractivity contribution in [3.8, 4) is 22.9 Å². The normalized spacial score (nSPS) is 10.6. The molecule has 1 aromatic heterocycles. The molecule has 4 aromatic rings. The molecule has 1 N–H and O–H groups in total. The van der Waals surface area contributed by atoms with E-state index in [4.69, 9.17) is 9.26 Å². The van der Waals surface area contributed by atoms with Crippen LogP contribution in [0.5, 0.6) is 11.5 Å². The highest BCUT2D eigenvalue weighted by atomic mass is 19.1. The van der Waals surface area contributed by atoms with Crippen molar-refractivity contribution in [2.75, 3.05) is 0 Å². The van der Waals surface area contributed by atoms with Gasteiger partial charge in [-0.3, -0.25) is 4.79 Å². The van der Waals surface area contributed by atoms with Crippen molar-refractivity contribution < 1.29 is 18.4 Å². The summed E-state index contributed by atoms with van der Waals surface area (Å²) in [5.41, 5.74) is 2.39. The second kappa shape index (κ2) is 8.57. The third-order valence-electron chi connectivity index (χ3n) is 4.34. The van der Waals surface area contributed by atoms with E-state index in [1.807, 2.05) is 19.1 Å². The Bertz CT molecular complexity index is 1140. The van der Waals surface area contributed by atoms with Crippen LogP contribution in [0.2, 0.25) is 0 Å². The molecule has 0 spiro atoms. The zero-order valence-corrected chi connectivity index (χ0v) is 16.1. The van der Waals surface area contributed by atoms with Gasteiger partial charge < -0.3 is 14.6 Å². The van der Waals surface area contributed by atoms with Gasteiger partial charge in [-0.15, -0.1) is 0 Å². The van der Waals surface area contributed by atoms with Gasteiger partial charge in [-0.25, -0.2) is 4.39 Å². The van der Waals surface area contributed by atoms with Gasteiger partial charge in [0.25, 0.3) is 5.91 Å². The lowest BCUT2D eigenvalue weighted by molar-refractivity contribution is 0.0946. The van der Waals surface area contributed by atoms with Crippen molar-refractivity contribution in [3.63, 3.8) is 0 Å². The smallest absolute Gasteiger partial charge is 0.251 e. The molecule has 0 aliphatic rings. The number of nitrogens with one attached hydrogen (secondary N) is 1. The van der Waals surface area contributed by atoms with Crippen molar-refractivity contribution >= 4 is 5.91 Å². The van der Waals surface area contributed by atoms with Crippen LogP contribution in [0.3, 0.4) is 0 Å². The molecule has 0 fully saturated rings. The minimum Gasteiger partial charge on any atom is -0.457 e. The van der Waals surface area contributed by atoms with E-state index in [-0.39, 0.29) is 18.3 Å². The Morgan fingerprint density at radius 1 is 0.967 bits per heavy atom. The SMILES string of the molecule is Cc1ccc(C(=O)NCc2nc(-c3ccc(Oc4ccc(F)cc4)cc3)no2)cc1. The molecule has 30 heavy (non-hydrogen) atoms. The molecule has 3 aromatic carbocycles. The fourth-order valence-corrected chi connectivity index (χ4v) is 2.72. The van der Waals surface area contributed by atoms with E-state index in [0.29, 0.717) is 28.8 Å². The standard InChI is InChI=1S/C23H18FN3O3/c1-15-2-4-17(5-3-15)23(28)25-14-21-26-22(27-30-21)16-6-10-19(11-7-16)29-20-12-8-18(24)9-13-20/h2-13H,14H2,1H3,(H,25,28). The van der Waals surface area contributed by atoms with Crippen molar-refractivity contribution in [1.29, 1.82) is 0 Å². The highest BCUT2D eigenvalue weighted by Gasteiger charge is 2.11. The fourth-order valence-electron chi connectivity index (χ4n) is 2.72. The Morgan fingerprint density at radius 2 is 1.60 bits per heavy atom. The summed E-state index contributed by atoms with van der Waals surface area (Å²) in [6.45, 7) is 2.09. The quantitative estimate of drug-likeness (QED) is 0.495. The van der Waals surface area contributed by atoms with Crippen LogP contribution in [-0.4, -0.2) is 16.0 Å². The Morgan fingerprint density at radius 3 is 2.27 bits per heavy atom. The zero-order valence-electron chi connectivity index (χ0n) is 16.1. The first kappa shape index (κ1) is 19.3. The highest BCUT2D eigenvalue weighted by molar-refractivity contribution is 5.94. The second-order valence-corrected chi connectivity index (χ2v) is 6.64. The van der Waals surface area contributed by atoms with E-state index < -0.39 is 0 Å². The fraction of sp³-hybridized carbons (Fsp3) is 0.0870. The molecular formula is C23H18FN3O3. The van der Waals surface area contributed by atoms with Crippen LogP contribution in [0.4, 0.5) is 4.39 Å². The summed E-state index contributed by atoms with van der Waals surface area (Å²) in [7, 11) is 0. The lowest BCUT2D eigenvalue weighted by Gasteiger charge is -2.05. The summed E-state index contributed by atoms with van der Waals surface area (Å²) < 4.78 is 23.9. The number of hydrogen-bond donors (Lipinski definition) is 1. The van der Waals surface area contributed by atoms with Crippen molar-refractivity contribution in [1.82, 2.24) is 15.5 Å². The van der Waals surface area contributed by atoms with Gasteiger partial charge in [-0.2, -0.15) is 4.98 Å². The monoisotopic (exact) mass is 403 g/mol. The summed E-state index contributed by atoms with van der Waals surface area (Å²) in [5, 5.41) is 6.71. The van der Waals surface area contributed by atoms with Gasteiger partial charge >= 0.3 is 0 Å². The molecule has 0 atom stereocenters. The number of benzene rings is 3. The summed E-state index contributed by atoms with van der Waals surface area (Å²) >= 11 is 0. The molecule has 1 heterocycles. The molecule has 0 unspecified atom stereocenters. The lowest BCUT2D eigenvalue weighted by atomic mass is 10.1. The van der Waals surface area contributed by atoms with Gasteiger partial charge in [0.2, 0.25) is 11.7 Å². The van der Waals surface area contributed by atoms with Gasteiger partial charge in [-0.1, -0.05) is 22.9 Å². The zero-order chi connectivity index (χ0) is 20.9. The Labute approximate surface area is 172 Å². The molecule has 0 aliphatic carbocycles. The number of ether oxygens (including phenoxy) is 1. The average Bonchev–Trinajstić information content (AvgIpc) is 3.24. The predicted molar refractivity (Wildman–Crippen MR) is 109 cm³/mol. The van der Waals surface area contributed by atoms with Crippen LogP contribution >= 0.6 is 0 Å². The number of aryl methyl sites for hydroxylation is 1. The third-order valence-corrected chi connectivity index (χ3v) is 4.34. The highest BCUT2D eigenvalue weighted by Crippen LogP contribution is 2.24. The topological polar surface area (TPSA) is 77.2 Å². The molecule has 0 saturated carbocycles. The van der Waals surface area contributed by atoms with Crippen molar-refractivity contribution in [2.45, 2.75) is 13.5 Å². The number of halogens is 1. The van der Waals surface area contributed by atoms with Crippen LogP contribution in [-0.2, 0) is 6.54 Å². The molecule has 7 heteroatoms. The van der Waals surface area contributed by atoms with Gasteiger partial charge in [0.05, 0.1) is 6.54 Å². The summed E-state index contributed by atoms with van der Waals surface area (Å²) in [6, 6.07) is 20.2. The minimum absolute atomic E-state index is 0.130. The minimum atomic E-state index is -0.319. The first-order valence-electron chi connectivity index (χ1n) is 9.28. The molecule has 0 bridgehead atoms. The summed E-state index contributed by atoms with van der Waals surface area (Å²) in [5.74, 6) is 1.31. The van der Waals surface area contributed by atoms with Crippen LogP contribution in [0, 0.1) is 12.7 Å². The van der Waals surface area contributed by atoms with Crippen molar-refractivity contribution in [2.24, 2.45) is 0 Å². The predicted octanol–water partition coefficient (Wildman–Crippen LogP) is 4.91. The van der Waals surface area contributed by atoms with Gasteiger partial charge in [0.15, 0.2) is 0 Å². The molecule has 4 rings (SSSR count). The molecular weight excluding hydrogens is 385 g/mol. The molecule has 0 aliphatic heterocycles. The summed E-state index contributed by atoms with van der Waals surface area (Å²) in [4.78, 5) is 16.5. The summed E-state index contributed by atoms with van der Waals surface area (Å²) in [6.07, 6.45) is 0. The van der Waals surface area contributed by atoms with E-state index >= 15 is 0 Å². The van der Waals surface area contributed by atoms with Gasteiger partial charge in [-0.05, 0) is 67.6 Å². The number of aromatic nitrogens is 2. The Hall–Kier alpha value is -4.00. The van der Waals surface area contributed by atoms with E-state index in [9.17, 15) is 9.18 Å². The van der Waals surface area contributed by atoms with Crippen LogP contribution in [0.15, 0.2) is 77.3 Å². The second-order valence-electron chi connectivity index (χ2n) is 6.64. The number of carbonyl (C=O) groups is 1. The Balaban J connectivity index is 1.36. The van der Waals surface area contributed by atoms with E-state index in [1.165, 1.54) is 12.1 Å². The molecule has 150 valence electrons. The molecule has 0 radical (unpaired) electrons. The van der Waals surface area contributed by atoms with Crippen LogP contribution in [0.25, 0.3) is 11.4 Å². The van der Waals surface area contributed by atoms with Gasteiger partial charge in [0, 0.05) is 11.1 Å². The van der Waals surface area contributed by atoms with E-state index in [0.717, 1.165) is 11.1 Å². The van der Waals surface area contributed by atoms with Crippen LogP contribution in [0.1, 0.15) is 21.8 Å². The molecule has 6 nitrogen and oxygen atoms in total. The van der Waals surface area contributed by atoms with Crippen LogP contribution < -0.4 is 10.1 Å². The third kappa shape index (κ3) is 4.70. The average molecular weight is 403 g/mol. The number of carbonyl (C=O) groups excluding carboxylic acids is 1. The molecule has 1 amide bonds. The molecule has 0 saturated heterocycles. The Kier molecular flexibility index (Phi) is 5.52. The maximum atomic E-state index is 13.0. The largest absolute Gasteiger partial charge is 0.457 e. The number of rotatable bonds is 6. The lowest BCUT2D eigenvalue weighted by Crippen LogP contribution is -2.22. The van der Waals surface area contributed by atoms with E-state index in [2.05, 4.69) is 15.5 Å². The number of amides is 1. The first-order valence-corrected chi connectivity index (χ1v) is 9.28. The van der Waals surface area contributed by atoms with E-state index in [1.54, 1.807) is 48.5 Å². The maximum Gasteiger partial charge on any atom is 0.251 e. The van der Waals surface area contributed by atoms with Crippen molar-refractivity contribution in [3.05, 3.63) is 95.6 Å². The first-order chi connectivity index (χ1) is 14.6. The van der Waals surface area contributed by atoms with Gasteiger partial charge in [0.1, 0.15) is 17.3 Å².